The molecule has 0 bridgehead atoms. The molecule has 106 valence electrons. The third-order valence-electron chi connectivity index (χ3n) is 3.57. The molecule has 3 heteroatoms. The average Bonchev–Trinajstić information content (AvgIpc) is 2.36. The maximum Gasteiger partial charge on any atom is 0.226 e. The van der Waals surface area contributed by atoms with Crippen molar-refractivity contribution in [2.45, 2.75) is 27.2 Å². The van der Waals surface area contributed by atoms with Gasteiger partial charge in [0.05, 0.1) is 5.92 Å². The molecule has 0 saturated heterocycles. The molecule has 0 radical (unpaired) electrons. The summed E-state index contributed by atoms with van der Waals surface area (Å²) >= 11 is 0. The molecule has 19 heavy (non-hydrogen) atoms. The maximum atomic E-state index is 12.2. The number of carbonyl (C=O) groups excluding carboxylic acids is 1. The van der Waals surface area contributed by atoms with Gasteiger partial charge in [0.15, 0.2) is 0 Å². The van der Waals surface area contributed by atoms with Gasteiger partial charge in [0.2, 0.25) is 5.91 Å². The van der Waals surface area contributed by atoms with Crippen LogP contribution in [0.3, 0.4) is 0 Å². The van der Waals surface area contributed by atoms with Crippen molar-refractivity contribution in [1.82, 2.24) is 4.90 Å². The Balaban J connectivity index is 2.55. The first kappa shape index (κ1) is 15.7. The van der Waals surface area contributed by atoms with Crippen molar-refractivity contribution in [3.63, 3.8) is 0 Å². The van der Waals surface area contributed by atoms with E-state index in [0.717, 1.165) is 13.0 Å². The highest BCUT2D eigenvalue weighted by Gasteiger charge is 2.23. The Bertz CT molecular complexity index is 415. The zero-order chi connectivity index (χ0) is 14.4. The lowest BCUT2D eigenvalue weighted by Gasteiger charge is -2.25. The molecule has 1 aromatic carbocycles. The summed E-state index contributed by atoms with van der Waals surface area (Å²) < 4.78 is 0. The zero-order valence-electron chi connectivity index (χ0n) is 12.5. The first-order chi connectivity index (χ1) is 8.95. The number of benzene rings is 1. The molecule has 0 aliphatic heterocycles. The Morgan fingerprint density at radius 3 is 2.58 bits per heavy atom. The van der Waals surface area contributed by atoms with Crippen molar-refractivity contribution in [2.75, 3.05) is 20.1 Å². The van der Waals surface area contributed by atoms with Gasteiger partial charge in [-0.25, -0.2) is 0 Å². The van der Waals surface area contributed by atoms with E-state index in [1.807, 2.05) is 20.9 Å². The van der Waals surface area contributed by atoms with E-state index in [1.54, 1.807) is 4.90 Å². The summed E-state index contributed by atoms with van der Waals surface area (Å²) in [5, 5.41) is 0. The average molecular weight is 262 g/mol. The predicted molar refractivity (Wildman–Crippen MR) is 79.9 cm³/mol. The lowest BCUT2D eigenvalue weighted by atomic mass is 9.94. The van der Waals surface area contributed by atoms with Gasteiger partial charge in [-0.05, 0) is 24.8 Å². The van der Waals surface area contributed by atoms with Gasteiger partial charge in [-0.2, -0.15) is 0 Å². The topological polar surface area (TPSA) is 46.3 Å². The summed E-state index contributed by atoms with van der Waals surface area (Å²) in [6.07, 6.45) is 0.888. The minimum atomic E-state index is -0.0671. The lowest BCUT2D eigenvalue weighted by molar-refractivity contribution is -0.135. The molecular formula is C16H26N2O. The number of rotatable bonds is 6. The van der Waals surface area contributed by atoms with Crippen LogP contribution in [0, 0.1) is 18.8 Å². The number of carbonyl (C=O) groups is 1. The fraction of sp³-hybridized carbons (Fsp3) is 0.562. The third-order valence-corrected chi connectivity index (χ3v) is 3.57. The molecule has 1 aromatic rings. The Labute approximate surface area is 116 Å². The fourth-order valence-corrected chi connectivity index (χ4v) is 2.22. The first-order valence-electron chi connectivity index (χ1n) is 6.96. The van der Waals surface area contributed by atoms with Crippen LogP contribution < -0.4 is 5.73 Å². The van der Waals surface area contributed by atoms with Crippen molar-refractivity contribution in [1.29, 1.82) is 0 Å². The monoisotopic (exact) mass is 262 g/mol. The number of aryl methyl sites for hydroxylation is 1. The molecule has 3 nitrogen and oxygen atoms in total. The van der Waals surface area contributed by atoms with Gasteiger partial charge in [-0.3, -0.25) is 4.79 Å². The minimum absolute atomic E-state index is 0.0671. The van der Waals surface area contributed by atoms with Gasteiger partial charge in [0, 0.05) is 20.1 Å². The smallest absolute Gasteiger partial charge is 0.226 e. The molecule has 0 saturated carbocycles. The van der Waals surface area contributed by atoms with E-state index in [0.29, 0.717) is 12.5 Å². The second-order valence-corrected chi connectivity index (χ2v) is 5.59. The Morgan fingerprint density at radius 1 is 1.37 bits per heavy atom. The lowest BCUT2D eigenvalue weighted by Crippen LogP contribution is -2.40. The van der Waals surface area contributed by atoms with Crippen LogP contribution in [0.25, 0.3) is 0 Å². The number of hydrogen-bond donors (Lipinski definition) is 1. The molecule has 1 amide bonds. The fourth-order valence-electron chi connectivity index (χ4n) is 2.22. The first-order valence-corrected chi connectivity index (χ1v) is 6.96. The summed E-state index contributed by atoms with van der Waals surface area (Å²) in [6.45, 7) is 7.34. The molecule has 0 heterocycles. The number of amides is 1. The van der Waals surface area contributed by atoms with Gasteiger partial charge in [0.1, 0.15) is 0 Å². The summed E-state index contributed by atoms with van der Waals surface area (Å²) in [5.74, 6) is 0.381. The van der Waals surface area contributed by atoms with Crippen LogP contribution in [0.15, 0.2) is 24.3 Å². The quantitative estimate of drug-likeness (QED) is 0.854. The molecule has 2 N–H and O–H groups in total. The molecule has 0 aromatic heterocycles. The predicted octanol–water partition coefficient (Wildman–Crippen LogP) is 2.23. The second-order valence-electron chi connectivity index (χ2n) is 5.59. The normalized spacial score (nSPS) is 12.5. The van der Waals surface area contributed by atoms with Crippen molar-refractivity contribution in [3.05, 3.63) is 35.4 Å². The number of hydrogen-bond acceptors (Lipinski definition) is 2. The van der Waals surface area contributed by atoms with Crippen molar-refractivity contribution < 1.29 is 4.79 Å². The summed E-state index contributed by atoms with van der Waals surface area (Å²) in [5.41, 5.74) is 8.22. The van der Waals surface area contributed by atoms with Crippen LogP contribution in [-0.4, -0.2) is 30.9 Å². The van der Waals surface area contributed by atoms with Crippen molar-refractivity contribution in [2.24, 2.45) is 17.6 Å². The standard InChI is InChI=1S/C16H26N2O/c1-12(2)15(11-17)16(19)18(4)9-8-14-7-5-6-13(3)10-14/h5-7,10,12,15H,8-9,11,17H2,1-4H3. The molecule has 0 spiro atoms. The summed E-state index contributed by atoms with van der Waals surface area (Å²) in [4.78, 5) is 14.1. The van der Waals surface area contributed by atoms with E-state index in [2.05, 4.69) is 31.2 Å². The zero-order valence-corrected chi connectivity index (χ0v) is 12.5. The van der Waals surface area contributed by atoms with Crippen LogP contribution in [-0.2, 0) is 11.2 Å². The van der Waals surface area contributed by atoms with Crippen LogP contribution in [0.4, 0.5) is 0 Å². The van der Waals surface area contributed by atoms with E-state index in [9.17, 15) is 4.79 Å². The number of nitrogens with zero attached hydrogens (tertiary/aromatic N) is 1. The van der Waals surface area contributed by atoms with Crippen LogP contribution in [0.2, 0.25) is 0 Å². The van der Waals surface area contributed by atoms with Crippen molar-refractivity contribution in [3.8, 4) is 0 Å². The van der Waals surface area contributed by atoms with Crippen LogP contribution in [0.5, 0.6) is 0 Å². The molecular weight excluding hydrogens is 236 g/mol. The molecule has 0 aliphatic carbocycles. The Hall–Kier alpha value is -1.35. The largest absolute Gasteiger partial charge is 0.345 e. The minimum Gasteiger partial charge on any atom is -0.345 e. The van der Waals surface area contributed by atoms with Crippen LogP contribution in [0.1, 0.15) is 25.0 Å². The molecule has 0 aliphatic rings. The van der Waals surface area contributed by atoms with Gasteiger partial charge in [-0.15, -0.1) is 0 Å². The Morgan fingerprint density at radius 2 is 2.05 bits per heavy atom. The highest BCUT2D eigenvalue weighted by Crippen LogP contribution is 2.13. The van der Waals surface area contributed by atoms with Gasteiger partial charge in [-0.1, -0.05) is 43.7 Å². The molecule has 1 unspecified atom stereocenters. The third kappa shape index (κ3) is 4.67. The van der Waals surface area contributed by atoms with E-state index in [1.165, 1.54) is 11.1 Å². The molecule has 1 atom stereocenters. The highest BCUT2D eigenvalue weighted by molar-refractivity contribution is 5.79. The molecule has 1 rings (SSSR count). The van der Waals surface area contributed by atoms with E-state index >= 15 is 0 Å². The highest BCUT2D eigenvalue weighted by atomic mass is 16.2. The van der Waals surface area contributed by atoms with E-state index < -0.39 is 0 Å². The van der Waals surface area contributed by atoms with E-state index in [-0.39, 0.29) is 11.8 Å². The van der Waals surface area contributed by atoms with Gasteiger partial charge in [0.25, 0.3) is 0 Å². The van der Waals surface area contributed by atoms with Crippen molar-refractivity contribution >= 4 is 5.91 Å². The Kier molecular flexibility index (Phi) is 6.03. The van der Waals surface area contributed by atoms with E-state index in [4.69, 9.17) is 5.73 Å². The number of nitrogens with two attached hydrogens (primary N) is 1. The maximum absolute atomic E-state index is 12.2. The number of likely N-dealkylation sites (N-methyl/N-ethyl adjacent to an activating group) is 1. The summed E-state index contributed by atoms with van der Waals surface area (Å²) in [6, 6.07) is 8.42. The SMILES string of the molecule is Cc1cccc(CCN(C)C(=O)C(CN)C(C)C)c1. The summed E-state index contributed by atoms with van der Waals surface area (Å²) in [7, 11) is 1.86. The van der Waals surface area contributed by atoms with Crippen LogP contribution >= 0.6 is 0 Å². The molecule has 0 fully saturated rings. The second kappa shape index (κ2) is 7.29. The van der Waals surface area contributed by atoms with Gasteiger partial charge >= 0.3 is 0 Å². The van der Waals surface area contributed by atoms with Gasteiger partial charge < -0.3 is 10.6 Å².